The number of carbonyl (C=O) groups is 2. The van der Waals surface area contributed by atoms with E-state index in [4.69, 9.17) is 25.8 Å². The molecular weight excluding hydrogens is 436 g/mol. The number of amides is 1. The van der Waals surface area contributed by atoms with Gasteiger partial charge in [-0.05, 0) is 36.2 Å². The van der Waals surface area contributed by atoms with Crippen LogP contribution in [0, 0.1) is 0 Å². The third-order valence-electron chi connectivity index (χ3n) is 4.96. The first-order valence-corrected chi connectivity index (χ1v) is 10.1. The zero-order valence-electron chi connectivity index (χ0n) is 17.6. The van der Waals surface area contributed by atoms with Crippen LogP contribution >= 0.6 is 0 Å². The third-order valence-corrected chi connectivity index (χ3v) is 4.96. The van der Waals surface area contributed by atoms with Crippen molar-refractivity contribution in [2.24, 2.45) is 5.73 Å². The number of hydrogen-bond acceptors (Lipinski definition) is 9. The zero-order chi connectivity index (χ0) is 24.5. The highest BCUT2D eigenvalue weighted by atomic mass is 16.6. The van der Waals surface area contributed by atoms with Gasteiger partial charge in [0.2, 0.25) is 5.91 Å². The molecule has 33 heavy (non-hydrogen) atoms. The monoisotopic (exact) mass is 464 g/mol. The molecule has 1 aliphatic heterocycles. The Labute approximate surface area is 189 Å². The maximum Gasteiger partial charge on any atom is 0.337 e. The van der Waals surface area contributed by atoms with E-state index in [9.17, 15) is 24.9 Å². The fourth-order valence-electron chi connectivity index (χ4n) is 3.03. The highest BCUT2D eigenvalue weighted by molar-refractivity contribution is 6.00. The van der Waals surface area contributed by atoms with Crippen molar-refractivity contribution >= 4 is 17.6 Å². The summed E-state index contributed by atoms with van der Waals surface area (Å²) in [6.07, 6.45) is -4.10. The van der Waals surface area contributed by atoms with E-state index in [0.717, 1.165) is 5.56 Å². The average molecular weight is 464 g/mol. The Bertz CT molecular complexity index is 918. The van der Waals surface area contributed by atoms with Crippen LogP contribution in [0.5, 0.6) is 5.75 Å². The second kappa shape index (κ2) is 12.3. The van der Waals surface area contributed by atoms with Crippen LogP contribution in [-0.2, 0) is 16.0 Å². The normalized spacial score (nSPS) is 24.3. The predicted molar refractivity (Wildman–Crippen MR) is 116 cm³/mol. The summed E-state index contributed by atoms with van der Waals surface area (Å²) in [5, 5.41) is 56.9. The van der Waals surface area contributed by atoms with Crippen molar-refractivity contribution in [1.82, 2.24) is 0 Å². The van der Waals surface area contributed by atoms with Crippen LogP contribution in [0.25, 0.3) is 0 Å². The number of carboxylic acid groups (broad SMARTS) is 1. The van der Waals surface area contributed by atoms with Crippen molar-refractivity contribution in [2.75, 3.05) is 11.9 Å². The number of ether oxygens (including phenoxy) is 1. The number of hydrogen-bond donors (Lipinski definition) is 8. The first-order valence-electron chi connectivity index (χ1n) is 10.1. The smallest absolute Gasteiger partial charge is 0.337 e. The quantitative estimate of drug-likeness (QED) is 0.273. The lowest BCUT2D eigenvalue weighted by Crippen LogP contribution is -2.61. The second-order valence-electron chi connectivity index (χ2n) is 7.37. The standard InChI is InChI=1S/C16H15NO4.C6H13NO5/c18-12-8-5-11(6-9-12)7-10-15(19)17-14-4-2-1-3-13(14)16(20)21;7-3-5(10)4(9)2(1-8)12-6(3)11/h1-6,8-9,18H,7,10H2,(H,17,19)(H,20,21);2-6,8-11H,1,7H2/t;2-,3-,4-,5-,6?/m.1/s1. The van der Waals surface area contributed by atoms with Crippen molar-refractivity contribution in [2.45, 2.75) is 43.5 Å². The first-order chi connectivity index (χ1) is 15.6. The number of aliphatic hydroxyl groups excluding tert-OH is 4. The Balaban J connectivity index is 0.000000273. The Kier molecular flexibility index (Phi) is 9.73. The van der Waals surface area contributed by atoms with E-state index >= 15 is 0 Å². The van der Waals surface area contributed by atoms with E-state index in [-0.39, 0.29) is 23.6 Å². The third kappa shape index (κ3) is 7.49. The number of rotatable bonds is 6. The second-order valence-corrected chi connectivity index (χ2v) is 7.37. The maximum atomic E-state index is 11.9. The van der Waals surface area contributed by atoms with Crippen molar-refractivity contribution < 1.29 is 45.0 Å². The SMILES string of the molecule is N[C@H]1C(O)O[C@H](CO)[C@@H](O)[C@@H]1O.O=C(CCc1ccc(O)cc1)Nc1ccccc1C(=O)O. The number of carboxylic acids is 1. The van der Waals surface area contributed by atoms with Crippen LogP contribution < -0.4 is 11.1 Å². The highest BCUT2D eigenvalue weighted by Crippen LogP contribution is 2.18. The highest BCUT2D eigenvalue weighted by Gasteiger charge is 2.41. The lowest BCUT2D eigenvalue weighted by Gasteiger charge is -2.38. The van der Waals surface area contributed by atoms with Gasteiger partial charge in [0, 0.05) is 6.42 Å². The summed E-state index contributed by atoms with van der Waals surface area (Å²) in [7, 11) is 0. The Morgan fingerprint density at radius 2 is 1.64 bits per heavy atom. The number of aryl methyl sites for hydroxylation is 1. The molecule has 2 aromatic rings. The molecule has 0 aliphatic carbocycles. The van der Waals surface area contributed by atoms with Crippen LogP contribution in [0.15, 0.2) is 48.5 Å². The maximum absolute atomic E-state index is 11.9. The molecule has 1 aliphatic rings. The van der Waals surface area contributed by atoms with Crippen LogP contribution in [-0.4, -0.2) is 79.8 Å². The van der Waals surface area contributed by atoms with Gasteiger partial charge in [-0.3, -0.25) is 4.79 Å². The van der Waals surface area contributed by atoms with Gasteiger partial charge in [0.1, 0.15) is 24.1 Å². The van der Waals surface area contributed by atoms with Crippen molar-refractivity contribution in [1.29, 1.82) is 0 Å². The summed E-state index contributed by atoms with van der Waals surface area (Å²) < 4.78 is 4.70. The molecule has 1 unspecified atom stereocenters. The van der Waals surface area contributed by atoms with E-state index in [1.165, 1.54) is 6.07 Å². The number of aromatic hydroxyl groups is 1. The number of nitrogens with two attached hydrogens (primary N) is 1. The number of phenolic OH excluding ortho intramolecular Hbond substituents is 1. The number of aliphatic hydroxyl groups is 4. The molecule has 0 saturated carbocycles. The summed E-state index contributed by atoms with van der Waals surface area (Å²) in [6.45, 7) is -0.470. The Hall–Kier alpha value is -3.06. The molecule has 180 valence electrons. The van der Waals surface area contributed by atoms with E-state index in [1.54, 1.807) is 42.5 Å². The lowest BCUT2D eigenvalue weighted by atomic mass is 9.98. The molecule has 1 fully saturated rings. The van der Waals surface area contributed by atoms with Crippen molar-refractivity contribution in [3.8, 4) is 5.75 Å². The van der Waals surface area contributed by atoms with Gasteiger partial charge in [0.05, 0.1) is 23.9 Å². The number of nitrogens with one attached hydrogen (secondary N) is 1. The summed E-state index contributed by atoms with van der Waals surface area (Å²) in [5.41, 5.74) is 6.55. The van der Waals surface area contributed by atoms with E-state index in [0.29, 0.717) is 12.1 Å². The minimum absolute atomic E-state index is 0.0653. The molecule has 11 nitrogen and oxygen atoms in total. The lowest BCUT2D eigenvalue weighted by molar-refractivity contribution is -0.248. The first kappa shape index (κ1) is 26.2. The molecule has 11 heteroatoms. The number of carbonyl (C=O) groups excluding carboxylic acids is 1. The fraction of sp³-hybridized carbons (Fsp3) is 0.364. The van der Waals surface area contributed by atoms with Gasteiger partial charge in [-0.25, -0.2) is 4.79 Å². The molecule has 5 atom stereocenters. The summed E-state index contributed by atoms with van der Waals surface area (Å²) in [4.78, 5) is 22.9. The van der Waals surface area contributed by atoms with Gasteiger partial charge in [0.25, 0.3) is 0 Å². The molecular formula is C22H28N2O9. The molecule has 2 aromatic carbocycles. The molecule has 1 saturated heterocycles. The van der Waals surface area contributed by atoms with Crippen LogP contribution in [0.3, 0.4) is 0 Å². The van der Waals surface area contributed by atoms with E-state index in [2.05, 4.69) is 5.32 Å². The molecule has 1 heterocycles. The van der Waals surface area contributed by atoms with Crippen LogP contribution in [0.4, 0.5) is 5.69 Å². The predicted octanol–water partition coefficient (Wildman–Crippen LogP) is -0.593. The molecule has 0 bridgehead atoms. The molecule has 0 aromatic heterocycles. The van der Waals surface area contributed by atoms with Gasteiger partial charge in [-0.2, -0.15) is 0 Å². The number of aromatic carboxylic acids is 1. The molecule has 9 N–H and O–H groups in total. The molecule has 3 rings (SSSR count). The number of anilines is 1. The summed E-state index contributed by atoms with van der Waals surface area (Å²) in [5.74, 6) is -1.15. The zero-order valence-corrected chi connectivity index (χ0v) is 17.6. The van der Waals surface area contributed by atoms with Crippen molar-refractivity contribution in [3.05, 3.63) is 59.7 Å². The van der Waals surface area contributed by atoms with E-state index < -0.39 is 43.2 Å². The van der Waals surface area contributed by atoms with Gasteiger partial charge < -0.3 is 46.4 Å². The van der Waals surface area contributed by atoms with Gasteiger partial charge in [0.15, 0.2) is 6.29 Å². The molecule has 1 amide bonds. The van der Waals surface area contributed by atoms with Crippen LogP contribution in [0.2, 0.25) is 0 Å². The van der Waals surface area contributed by atoms with Crippen molar-refractivity contribution in [3.63, 3.8) is 0 Å². The summed E-state index contributed by atoms with van der Waals surface area (Å²) in [6, 6.07) is 11.8. The van der Waals surface area contributed by atoms with Gasteiger partial charge >= 0.3 is 5.97 Å². The van der Waals surface area contributed by atoms with E-state index in [1.807, 2.05) is 0 Å². The molecule has 0 radical (unpaired) electrons. The van der Waals surface area contributed by atoms with Crippen LogP contribution in [0.1, 0.15) is 22.3 Å². The average Bonchev–Trinajstić information content (AvgIpc) is 2.80. The van der Waals surface area contributed by atoms with Gasteiger partial charge in [-0.15, -0.1) is 0 Å². The number of benzene rings is 2. The Morgan fingerprint density at radius 1 is 1.00 bits per heavy atom. The number of phenols is 1. The fourth-order valence-corrected chi connectivity index (χ4v) is 3.03. The molecule has 0 spiro atoms. The Morgan fingerprint density at radius 3 is 2.24 bits per heavy atom. The number of para-hydroxylation sites is 1. The van der Waals surface area contributed by atoms with Gasteiger partial charge in [-0.1, -0.05) is 24.3 Å². The minimum atomic E-state index is -1.35. The topological polar surface area (TPSA) is 203 Å². The summed E-state index contributed by atoms with van der Waals surface area (Å²) >= 11 is 0. The minimum Gasteiger partial charge on any atom is -0.508 e. The largest absolute Gasteiger partial charge is 0.508 e.